The number of thiazole rings is 1. The summed E-state index contributed by atoms with van der Waals surface area (Å²) in [6, 6.07) is 11.1. The Morgan fingerprint density at radius 3 is 2.71 bits per heavy atom. The maximum absolute atomic E-state index is 13.6. The van der Waals surface area contributed by atoms with Gasteiger partial charge in [0.2, 0.25) is 5.91 Å². The van der Waals surface area contributed by atoms with Crippen LogP contribution in [0.4, 0.5) is 5.13 Å². The molecular weight excluding hydrogens is 558 g/mol. The van der Waals surface area contributed by atoms with Gasteiger partial charge in [-0.3, -0.25) is 19.7 Å². The van der Waals surface area contributed by atoms with E-state index in [1.165, 1.54) is 29.2 Å². The lowest BCUT2D eigenvalue weighted by molar-refractivity contribution is -0.129. The Balaban J connectivity index is 1.47. The Morgan fingerprint density at radius 2 is 2.02 bits per heavy atom. The van der Waals surface area contributed by atoms with Crippen molar-refractivity contribution >= 4 is 46.0 Å². The van der Waals surface area contributed by atoms with E-state index in [4.69, 9.17) is 4.74 Å². The monoisotopic (exact) mass is 593 g/mol. The first-order valence-electron chi connectivity index (χ1n) is 13.2. The highest BCUT2D eigenvalue weighted by Gasteiger charge is 2.30. The molecule has 3 amide bonds. The second kappa shape index (κ2) is 13.3. The maximum atomic E-state index is 13.6. The van der Waals surface area contributed by atoms with Crippen molar-refractivity contribution < 1.29 is 19.1 Å². The highest BCUT2D eigenvalue weighted by Crippen LogP contribution is 2.38. The van der Waals surface area contributed by atoms with Gasteiger partial charge in [-0.15, -0.1) is 0 Å². The minimum absolute atomic E-state index is 0.121. The number of nitrogens with one attached hydrogen (secondary N) is 1. The molecule has 1 saturated heterocycles. The van der Waals surface area contributed by atoms with Gasteiger partial charge in [0.15, 0.2) is 5.13 Å². The first-order chi connectivity index (χ1) is 19.6. The van der Waals surface area contributed by atoms with Crippen LogP contribution >= 0.6 is 23.1 Å². The number of carbonyl (C=O) groups is 3. The van der Waals surface area contributed by atoms with E-state index >= 15 is 0 Å². The van der Waals surface area contributed by atoms with Gasteiger partial charge in [0, 0.05) is 42.7 Å². The summed E-state index contributed by atoms with van der Waals surface area (Å²) in [6.07, 6.45) is 3.02. The molecule has 2 heterocycles. The molecule has 4 rings (SSSR count). The van der Waals surface area contributed by atoms with Gasteiger partial charge in [0.25, 0.3) is 11.8 Å². The molecule has 1 aliphatic heterocycles. The van der Waals surface area contributed by atoms with Crippen molar-refractivity contribution in [2.75, 3.05) is 46.2 Å². The van der Waals surface area contributed by atoms with Gasteiger partial charge >= 0.3 is 0 Å². The average Bonchev–Trinajstić information content (AvgIpc) is 3.39. The molecule has 0 radical (unpaired) electrons. The number of nitrogens with zero attached hydrogens (tertiary/aromatic N) is 4. The number of piperazine rings is 1. The van der Waals surface area contributed by atoms with Gasteiger partial charge in [-0.2, -0.15) is 0 Å². The second-order valence-corrected chi connectivity index (χ2v) is 12.5. The number of rotatable bonds is 9. The summed E-state index contributed by atoms with van der Waals surface area (Å²) < 4.78 is 6.45. The molecule has 11 heteroatoms. The van der Waals surface area contributed by atoms with Crippen molar-refractivity contribution in [2.45, 2.75) is 35.5 Å². The van der Waals surface area contributed by atoms with Crippen LogP contribution < -0.4 is 10.1 Å². The maximum Gasteiger partial charge on any atom is 0.257 e. The highest BCUT2D eigenvalue weighted by molar-refractivity contribution is 8.01. The quantitative estimate of drug-likeness (QED) is 0.357. The standard InChI is InChI=1S/C30H35N5O4S2/c1-7-26(36)35-12-11-34(17-20(35)3)29(38)23-15-25(19(2)13-24(23)39-6)40-27-16-31-30(41-27)32-28(37)22-10-8-9-21(14-22)18-33(4)5/h7-10,13-16,20H,1,11-12,17-18H2,2-6H3,(H,31,32,37). The fourth-order valence-corrected chi connectivity index (χ4v) is 6.62. The van der Waals surface area contributed by atoms with Crippen molar-refractivity contribution in [3.05, 3.63) is 77.5 Å². The first kappa shape index (κ1) is 30.3. The molecule has 1 N–H and O–H groups in total. The highest BCUT2D eigenvalue weighted by atomic mass is 32.2. The molecule has 0 aliphatic carbocycles. The summed E-state index contributed by atoms with van der Waals surface area (Å²) in [5.41, 5.74) is 3.05. The largest absolute Gasteiger partial charge is 0.496 e. The van der Waals surface area contributed by atoms with E-state index in [2.05, 4.69) is 21.8 Å². The van der Waals surface area contributed by atoms with Crippen LogP contribution in [-0.2, 0) is 11.3 Å². The summed E-state index contributed by atoms with van der Waals surface area (Å²) in [7, 11) is 5.52. The lowest BCUT2D eigenvalue weighted by Crippen LogP contribution is -2.55. The van der Waals surface area contributed by atoms with E-state index in [1.807, 2.05) is 58.3 Å². The predicted molar refractivity (Wildman–Crippen MR) is 163 cm³/mol. The molecule has 1 unspecified atom stereocenters. The zero-order chi connectivity index (χ0) is 29.7. The van der Waals surface area contributed by atoms with Gasteiger partial charge in [-0.1, -0.05) is 41.8 Å². The fraction of sp³-hybridized carbons (Fsp3) is 0.333. The molecule has 216 valence electrons. The van der Waals surface area contributed by atoms with Crippen LogP contribution in [0.1, 0.15) is 38.8 Å². The Kier molecular flexibility index (Phi) is 9.85. The number of anilines is 1. The van der Waals surface area contributed by atoms with Gasteiger partial charge in [0.1, 0.15) is 5.75 Å². The molecule has 1 fully saturated rings. The number of aromatic nitrogens is 1. The van der Waals surface area contributed by atoms with E-state index in [1.54, 1.807) is 29.2 Å². The van der Waals surface area contributed by atoms with E-state index in [0.717, 1.165) is 26.8 Å². The Morgan fingerprint density at radius 1 is 1.24 bits per heavy atom. The molecule has 0 bridgehead atoms. The molecule has 0 saturated carbocycles. The number of methoxy groups -OCH3 is 1. The topological polar surface area (TPSA) is 95.1 Å². The summed E-state index contributed by atoms with van der Waals surface area (Å²) in [5, 5.41) is 3.40. The lowest BCUT2D eigenvalue weighted by atomic mass is 10.1. The van der Waals surface area contributed by atoms with Crippen molar-refractivity contribution in [1.29, 1.82) is 0 Å². The molecule has 1 aliphatic rings. The minimum Gasteiger partial charge on any atom is -0.496 e. The molecular formula is C30H35N5O4S2. The van der Waals surface area contributed by atoms with Gasteiger partial charge in [-0.25, -0.2) is 4.98 Å². The number of benzene rings is 2. The molecule has 1 atom stereocenters. The van der Waals surface area contributed by atoms with Gasteiger partial charge < -0.3 is 19.4 Å². The molecule has 0 spiro atoms. The molecule has 2 aromatic carbocycles. The van der Waals surface area contributed by atoms with E-state index in [-0.39, 0.29) is 23.8 Å². The number of hydrogen-bond donors (Lipinski definition) is 1. The third kappa shape index (κ3) is 7.35. The van der Waals surface area contributed by atoms with Crippen LogP contribution in [0.3, 0.4) is 0 Å². The number of ether oxygens (including phenoxy) is 1. The van der Waals surface area contributed by atoms with Gasteiger partial charge in [-0.05, 0) is 69.4 Å². The summed E-state index contributed by atoms with van der Waals surface area (Å²) in [4.78, 5) is 49.4. The lowest BCUT2D eigenvalue weighted by Gasteiger charge is -2.39. The number of carbonyl (C=O) groups excluding carboxylic acids is 3. The minimum atomic E-state index is -0.214. The predicted octanol–water partition coefficient (Wildman–Crippen LogP) is 4.78. The third-order valence-corrected chi connectivity index (χ3v) is 8.88. The van der Waals surface area contributed by atoms with Crippen molar-refractivity contribution in [3.8, 4) is 5.75 Å². The average molecular weight is 594 g/mol. The van der Waals surface area contributed by atoms with Crippen molar-refractivity contribution in [3.63, 3.8) is 0 Å². The molecule has 41 heavy (non-hydrogen) atoms. The summed E-state index contributed by atoms with van der Waals surface area (Å²) >= 11 is 2.85. The molecule has 3 aromatic rings. The molecule has 1 aromatic heterocycles. The van der Waals surface area contributed by atoms with Crippen LogP contribution in [0.2, 0.25) is 0 Å². The van der Waals surface area contributed by atoms with Crippen LogP contribution in [-0.4, -0.2) is 84.3 Å². The number of aryl methyl sites for hydroxylation is 1. The summed E-state index contributed by atoms with van der Waals surface area (Å²) in [6.45, 7) is 9.51. The summed E-state index contributed by atoms with van der Waals surface area (Å²) in [5.74, 6) is 0.0150. The number of hydrogen-bond acceptors (Lipinski definition) is 8. The van der Waals surface area contributed by atoms with Crippen LogP contribution in [0.15, 0.2) is 64.4 Å². The van der Waals surface area contributed by atoms with E-state index < -0.39 is 0 Å². The Hall–Kier alpha value is -3.67. The fourth-order valence-electron chi connectivity index (χ4n) is 4.68. The Labute approximate surface area is 249 Å². The zero-order valence-corrected chi connectivity index (χ0v) is 25.6. The van der Waals surface area contributed by atoms with Crippen LogP contribution in [0.5, 0.6) is 5.75 Å². The van der Waals surface area contributed by atoms with E-state index in [9.17, 15) is 14.4 Å². The number of amides is 3. The zero-order valence-electron chi connectivity index (χ0n) is 24.0. The van der Waals surface area contributed by atoms with Crippen LogP contribution in [0, 0.1) is 6.92 Å². The normalized spacial score (nSPS) is 15.1. The van der Waals surface area contributed by atoms with Crippen molar-refractivity contribution in [1.82, 2.24) is 19.7 Å². The van der Waals surface area contributed by atoms with Crippen molar-refractivity contribution in [2.24, 2.45) is 0 Å². The van der Waals surface area contributed by atoms with Gasteiger partial charge in [0.05, 0.1) is 23.1 Å². The first-order valence-corrected chi connectivity index (χ1v) is 14.8. The van der Waals surface area contributed by atoms with Crippen LogP contribution in [0.25, 0.3) is 0 Å². The van der Waals surface area contributed by atoms with E-state index in [0.29, 0.717) is 41.6 Å². The third-order valence-electron chi connectivity index (χ3n) is 6.70. The Bertz CT molecular complexity index is 1450. The second-order valence-electron chi connectivity index (χ2n) is 10.1. The molecule has 9 nitrogen and oxygen atoms in total. The smallest absolute Gasteiger partial charge is 0.257 e. The SMILES string of the molecule is C=CC(=O)N1CCN(C(=O)c2cc(Sc3cnc(NC(=O)c4cccc(CN(C)C)c4)s3)c(C)cc2OC)CC1C.